The number of fused-ring (bicyclic) bond motifs is 1. The molecule has 4 heteroatoms. The summed E-state index contributed by atoms with van der Waals surface area (Å²) in [7, 11) is 0. The van der Waals surface area contributed by atoms with Gasteiger partial charge in [-0.25, -0.2) is 3.93 Å². The molecular weight excluding hydrogens is 246 g/mol. The van der Waals surface area contributed by atoms with Gasteiger partial charge in [-0.2, -0.15) is 0 Å². The molecule has 0 aliphatic carbocycles. The quantitative estimate of drug-likeness (QED) is 0.568. The summed E-state index contributed by atoms with van der Waals surface area (Å²) in [5, 5.41) is 0. The zero-order valence-corrected chi connectivity index (χ0v) is 9.17. The minimum absolute atomic E-state index is 0.262. The molecule has 2 amide bonds. The summed E-state index contributed by atoms with van der Waals surface area (Å²) in [6.45, 7) is 1.96. The number of hydrogen-bond acceptors (Lipinski definition) is 2. The van der Waals surface area contributed by atoms with Crippen LogP contribution in [0, 0.1) is 0 Å². The van der Waals surface area contributed by atoms with Crippen LogP contribution in [0.5, 0.6) is 0 Å². The van der Waals surface area contributed by atoms with Gasteiger partial charge in [-0.05, 0) is 18.1 Å². The fraction of sp³-hybridized carbons (Fsp3) is 0.200. The summed E-state index contributed by atoms with van der Waals surface area (Å²) in [5.74, 6) is -0.539. The molecule has 0 bridgehead atoms. The van der Waals surface area contributed by atoms with Crippen LogP contribution in [0.3, 0.4) is 0 Å². The highest BCUT2D eigenvalue weighted by atomic mass is 79.9. The number of aryl methyl sites for hydroxylation is 1. The number of carbonyl (C=O) groups excluding carboxylic acids is 2. The predicted octanol–water partition coefficient (Wildman–Crippen LogP) is 2.15. The van der Waals surface area contributed by atoms with Crippen LogP contribution in [0.15, 0.2) is 18.2 Å². The molecule has 0 N–H and O–H groups in total. The van der Waals surface area contributed by atoms with E-state index in [0.717, 1.165) is 15.9 Å². The summed E-state index contributed by atoms with van der Waals surface area (Å²) in [6.07, 6.45) is 0.753. The molecule has 3 nitrogen and oxygen atoms in total. The van der Waals surface area contributed by atoms with E-state index in [9.17, 15) is 9.59 Å². The van der Waals surface area contributed by atoms with Gasteiger partial charge in [-0.15, -0.1) is 0 Å². The minimum atomic E-state index is -0.277. The van der Waals surface area contributed by atoms with Gasteiger partial charge in [-0.1, -0.05) is 19.1 Å². The molecule has 0 saturated carbocycles. The molecule has 1 aliphatic rings. The Bertz CT molecular complexity index is 428. The lowest BCUT2D eigenvalue weighted by Gasteiger charge is -2.02. The molecule has 2 rings (SSSR count). The van der Waals surface area contributed by atoms with Crippen LogP contribution < -0.4 is 0 Å². The Morgan fingerprint density at radius 1 is 1.29 bits per heavy atom. The van der Waals surface area contributed by atoms with E-state index < -0.39 is 0 Å². The van der Waals surface area contributed by atoms with Gasteiger partial charge >= 0.3 is 0 Å². The van der Waals surface area contributed by atoms with E-state index in [-0.39, 0.29) is 11.8 Å². The van der Waals surface area contributed by atoms with Crippen molar-refractivity contribution in [2.24, 2.45) is 0 Å². The lowest BCUT2D eigenvalue weighted by molar-refractivity contribution is 0.0785. The van der Waals surface area contributed by atoms with Crippen LogP contribution >= 0.6 is 16.1 Å². The van der Waals surface area contributed by atoms with Crippen molar-refractivity contribution in [3.63, 3.8) is 0 Å². The summed E-state index contributed by atoms with van der Waals surface area (Å²) in [4.78, 5) is 23.2. The molecule has 72 valence electrons. The van der Waals surface area contributed by atoms with Crippen LogP contribution in [0.4, 0.5) is 0 Å². The second kappa shape index (κ2) is 3.20. The van der Waals surface area contributed by atoms with Crippen molar-refractivity contribution in [3.8, 4) is 0 Å². The fourth-order valence-corrected chi connectivity index (χ4v) is 1.99. The summed E-state index contributed by atoms with van der Waals surface area (Å²) < 4.78 is 0.983. The van der Waals surface area contributed by atoms with Crippen molar-refractivity contribution in [1.82, 2.24) is 3.93 Å². The van der Waals surface area contributed by atoms with Crippen LogP contribution in [0.2, 0.25) is 0 Å². The van der Waals surface area contributed by atoms with E-state index in [1.807, 2.05) is 13.0 Å². The van der Waals surface area contributed by atoms with Crippen molar-refractivity contribution in [2.45, 2.75) is 13.3 Å². The third-order valence-electron chi connectivity index (χ3n) is 2.33. The first-order chi connectivity index (χ1) is 6.66. The molecule has 1 aromatic rings. The first-order valence-corrected chi connectivity index (χ1v) is 5.04. The number of nitrogens with zero attached hydrogens (tertiary/aromatic N) is 1. The normalized spacial score (nSPS) is 14.9. The largest absolute Gasteiger partial charge is 0.272 e. The number of halogens is 1. The fourth-order valence-electron chi connectivity index (χ4n) is 1.62. The molecule has 0 fully saturated rings. The van der Waals surface area contributed by atoms with Crippen molar-refractivity contribution in [2.75, 3.05) is 0 Å². The molecule has 1 heterocycles. The topological polar surface area (TPSA) is 37.4 Å². The van der Waals surface area contributed by atoms with E-state index in [1.165, 1.54) is 0 Å². The molecule has 1 aliphatic heterocycles. The van der Waals surface area contributed by atoms with Gasteiger partial charge in [0, 0.05) is 0 Å². The Morgan fingerprint density at radius 3 is 2.64 bits per heavy atom. The Morgan fingerprint density at radius 2 is 2.00 bits per heavy atom. The van der Waals surface area contributed by atoms with Gasteiger partial charge in [0.1, 0.15) is 0 Å². The standard InChI is InChI=1S/C10H8BrNO2/c1-2-6-4-3-5-7-8(6)10(14)12(11)9(7)13/h3-5H,2H2,1H3. The molecule has 0 unspecified atom stereocenters. The van der Waals surface area contributed by atoms with E-state index in [0.29, 0.717) is 11.1 Å². The highest BCUT2D eigenvalue weighted by Gasteiger charge is 2.35. The first-order valence-electron chi connectivity index (χ1n) is 4.33. The second-order valence-electron chi connectivity index (χ2n) is 3.08. The molecule has 0 aromatic heterocycles. The van der Waals surface area contributed by atoms with E-state index in [1.54, 1.807) is 12.1 Å². The molecule has 14 heavy (non-hydrogen) atoms. The highest BCUT2D eigenvalue weighted by Crippen LogP contribution is 2.28. The maximum absolute atomic E-state index is 11.6. The summed E-state index contributed by atoms with van der Waals surface area (Å²) >= 11 is 2.95. The third kappa shape index (κ3) is 1.10. The van der Waals surface area contributed by atoms with Gasteiger partial charge < -0.3 is 0 Å². The van der Waals surface area contributed by atoms with Crippen LogP contribution in [0.1, 0.15) is 33.2 Å². The van der Waals surface area contributed by atoms with Crippen molar-refractivity contribution in [3.05, 3.63) is 34.9 Å². The Kier molecular flexibility index (Phi) is 2.15. The molecule has 0 saturated heterocycles. The van der Waals surface area contributed by atoms with Crippen LogP contribution in [-0.2, 0) is 6.42 Å². The van der Waals surface area contributed by atoms with Crippen molar-refractivity contribution >= 4 is 28.0 Å². The third-order valence-corrected chi connectivity index (χ3v) is 2.98. The first kappa shape index (κ1) is 9.40. The highest BCUT2D eigenvalue weighted by molar-refractivity contribution is 9.08. The maximum Gasteiger partial charge on any atom is 0.272 e. The molecule has 0 radical (unpaired) electrons. The number of amides is 2. The van der Waals surface area contributed by atoms with Gasteiger partial charge in [0.2, 0.25) is 0 Å². The average Bonchev–Trinajstić information content (AvgIpc) is 2.44. The Hall–Kier alpha value is -1.16. The van der Waals surface area contributed by atoms with Gasteiger partial charge in [0.25, 0.3) is 11.8 Å². The molecule has 0 spiro atoms. The van der Waals surface area contributed by atoms with Crippen LogP contribution in [0.25, 0.3) is 0 Å². The number of rotatable bonds is 1. The molecular formula is C10H8BrNO2. The zero-order valence-electron chi connectivity index (χ0n) is 7.58. The molecule has 0 atom stereocenters. The number of imide groups is 1. The Labute approximate surface area is 90.0 Å². The molecule has 1 aromatic carbocycles. The van der Waals surface area contributed by atoms with E-state index >= 15 is 0 Å². The lowest BCUT2D eigenvalue weighted by Crippen LogP contribution is -2.17. The summed E-state index contributed by atoms with van der Waals surface area (Å²) in [6, 6.07) is 5.35. The van der Waals surface area contributed by atoms with Crippen LogP contribution in [-0.4, -0.2) is 15.7 Å². The lowest BCUT2D eigenvalue weighted by atomic mass is 10.0. The number of carbonyl (C=O) groups is 2. The summed E-state index contributed by atoms with van der Waals surface area (Å²) in [5.41, 5.74) is 1.95. The predicted molar refractivity (Wildman–Crippen MR) is 55.2 cm³/mol. The van der Waals surface area contributed by atoms with E-state index in [2.05, 4.69) is 16.1 Å². The zero-order chi connectivity index (χ0) is 10.3. The van der Waals surface area contributed by atoms with Crippen molar-refractivity contribution in [1.29, 1.82) is 0 Å². The van der Waals surface area contributed by atoms with Crippen molar-refractivity contribution < 1.29 is 9.59 Å². The SMILES string of the molecule is CCc1cccc2c1C(=O)N(Br)C2=O. The average molecular weight is 254 g/mol. The van der Waals surface area contributed by atoms with E-state index in [4.69, 9.17) is 0 Å². The Balaban J connectivity index is 2.69. The van der Waals surface area contributed by atoms with Gasteiger partial charge in [0.05, 0.1) is 27.3 Å². The maximum atomic E-state index is 11.6. The van der Waals surface area contributed by atoms with Gasteiger partial charge in [0.15, 0.2) is 0 Å². The smallest absolute Gasteiger partial charge is 0.268 e. The van der Waals surface area contributed by atoms with Gasteiger partial charge in [-0.3, -0.25) is 9.59 Å². The minimum Gasteiger partial charge on any atom is -0.268 e. The number of benzene rings is 1. The number of hydrogen-bond donors (Lipinski definition) is 0. The second-order valence-corrected chi connectivity index (χ2v) is 3.79. The monoisotopic (exact) mass is 253 g/mol.